The first-order chi connectivity index (χ1) is 7.68. The van der Waals surface area contributed by atoms with Crippen molar-refractivity contribution in [2.75, 3.05) is 0 Å². The second-order valence-electron chi connectivity index (χ2n) is 10.1. The summed E-state index contributed by atoms with van der Waals surface area (Å²) in [5, 5.41) is 0. The van der Waals surface area contributed by atoms with Gasteiger partial charge in [0.05, 0.1) is 0 Å². The molecule has 0 aliphatic heterocycles. The van der Waals surface area contributed by atoms with Crippen LogP contribution in [0.2, 0.25) is 75.5 Å². The van der Waals surface area contributed by atoms with E-state index in [1.807, 2.05) is 0 Å². The number of hydrogen-bond acceptors (Lipinski definition) is 0. The molecule has 0 rings (SSSR count). The molecule has 0 heterocycles. The van der Waals surface area contributed by atoms with Crippen LogP contribution in [0.1, 0.15) is 6.92 Å². The van der Waals surface area contributed by atoms with Crippen LogP contribution in [0.15, 0.2) is 0 Å². The summed E-state index contributed by atoms with van der Waals surface area (Å²) in [5.41, 5.74) is 0. The Morgan fingerprint density at radius 3 is 0.889 bits per heavy atom. The molecule has 0 saturated heterocycles. The average molecular weight is 409 g/mol. The zero-order valence-electron chi connectivity index (χ0n) is 14.8. The van der Waals surface area contributed by atoms with Crippen LogP contribution in [-0.2, 0) is 0 Å². The average Bonchev–Trinajstić information content (AvgIpc) is 1.93. The van der Waals surface area contributed by atoms with E-state index in [1.165, 1.54) is 0 Å². The van der Waals surface area contributed by atoms with Crippen molar-refractivity contribution in [1.29, 1.82) is 0 Å². The maximum atomic E-state index is 2.61. The Morgan fingerprint density at radius 1 is 0.556 bits per heavy atom. The normalized spacial score (nSPS) is 15.0. The molecule has 0 radical (unpaired) electrons. The van der Waals surface area contributed by atoms with Gasteiger partial charge in [-0.2, -0.15) is 0 Å². The van der Waals surface area contributed by atoms with Gasteiger partial charge in [0, 0.05) is 0 Å². The Bertz CT molecular complexity index is 215. The fourth-order valence-corrected chi connectivity index (χ4v) is 86.8. The van der Waals surface area contributed by atoms with Crippen LogP contribution in [-0.4, -0.2) is 42.6 Å². The van der Waals surface area contributed by atoms with Crippen molar-refractivity contribution in [3.05, 3.63) is 0 Å². The van der Waals surface area contributed by atoms with Gasteiger partial charge in [0.15, 0.2) is 0 Å². The molecular formula is C14H38Si3Sn. The van der Waals surface area contributed by atoms with Gasteiger partial charge < -0.3 is 0 Å². The summed E-state index contributed by atoms with van der Waals surface area (Å²) in [6, 6.07) is 0. The minimum atomic E-state index is -1.85. The van der Waals surface area contributed by atoms with Crippen LogP contribution in [0.3, 0.4) is 0 Å². The van der Waals surface area contributed by atoms with Gasteiger partial charge in [0.1, 0.15) is 0 Å². The van der Waals surface area contributed by atoms with Crippen LogP contribution >= 0.6 is 0 Å². The Hall–Kier alpha value is 1.45. The molecule has 0 N–H and O–H groups in total. The fraction of sp³-hybridized carbons (Fsp3) is 1.00. The minimum absolute atomic E-state index is 0.875. The van der Waals surface area contributed by atoms with Crippen molar-refractivity contribution in [3.63, 3.8) is 0 Å². The van der Waals surface area contributed by atoms with Gasteiger partial charge in [-0.3, -0.25) is 0 Å². The quantitative estimate of drug-likeness (QED) is 0.447. The van der Waals surface area contributed by atoms with E-state index in [1.54, 1.807) is 16.6 Å². The molecule has 0 fully saturated rings. The summed E-state index contributed by atoms with van der Waals surface area (Å²) in [6.45, 7) is 26.1. The van der Waals surface area contributed by atoms with Crippen molar-refractivity contribution in [2.45, 2.75) is 82.5 Å². The first kappa shape index (κ1) is 19.4. The molecule has 0 nitrogen and oxygen atoms in total. The van der Waals surface area contributed by atoms with Crippen molar-refractivity contribution >= 4 is 42.6 Å². The molecular weight excluding hydrogens is 371 g/mol. The molecule has 18 heavy (non-hydrogen) atoms. The van der Waals surface area contributed by atoms with E-state index < -0.39 is 42.6 Å². The molecule has 0 aromatic rings. The van der Waals surface area contributed by atoms with Gasteiger partial charge in [0.2, 0.25) is 0 Å². The van der Waals surface area contributed by atoms with E-state index in [9.17, 15) is 0 Å². The van der Waals surface area contributed by atoms with E-state index in [2.05, 4.69) is 65.8 Å². The molecule has 0 amide bonds. The summed E-state index contributed by atoms with van der Waals surface area (Å²) in [5.74, 6) is 0. The SMILES string of the molecule is C[CH2][Sn]([CH2][Si](C)(C)C)([CH2][Si](C)(C)C)[CH2][Si](C)(C)C. The van der Waals surface area contributed by atoms with Crippen LogP contribution in [0.5, 0.6) is 0 Å². The standard InChI is InChI=1S/3C4H11Si.C2H5.Sn/c3*1-5(2,3)4;1-2;/h3*1H2,2-4H3;1H2,2H3;. The summed E-state index contributed by atoms with van der Waals surface area (Å²) < 4.78 is 6.89. The summed E-state index contributed by atoms with van der Waals surface area (Å²) in [4.78, 5) is 0. The Labute approximate surface area is 124 Å². The van der Waals surface area contributed by atoms with Gasteiger partial charge in [-0.1, -0.05) is 0 Å². The predicted molar refractivity (Wildman–Crippen MR) is 101 cm³/mol. The summed E-state index contributed by atoms with van der Waals surface area (Å²) in [6.07, 6.45) is 0. The van der Waals surface area contributed by atoms with Crippen molar-refractivity contribution in [1.82, 2.24) is 0 Å². The Kier molecular flexibility index (Phi) is 7.00. The van der Waals surface area contributed by atoms with Crippen LogP contribution in [0.4, 0.5) is 0 Å². The molecule has 0 spiro atoms. The second-order valence-corrected chi connectivity index (χ2v) is 46.2. The predicted octanol–water partition coefficient (Wildman–Crippen LogP) is 6.09. The van der Waals surface area contributed by atoms with E-state index >= 15 is 0 Å². The van der Waals surface area contributed by atoms with Crippen LogP contribution in [0.25, 0.3) is 0 Å². The first-order valence-electron chi connectivity index (χ1n) is 7.68. The molecule has 0 aliphatic rings. The van der Waals surface area contributed by atoms with Gasteiger partial charge >= 0.3 is 125 Å². The second kappa shape index (κ2) is 6.48. The van der Waals surface area contributed by atoms with E-state index in [0.29, 0.717) is 0 Å². The van der Waals surface area contributed by atoms with Crippen molar-refractivity contribution in [3.8, 4) is 0 Å². The van der Waals surface area contributed by atoms with Crippen molar-refractivity contribution in [2.24, 2.45) is 0 Å². The van der Waals surface area contributed by atoms with Gasteiger partial charge in [-0.15, -0.1) is 0 Å². The number of hydrogen-bond donors (Lipinski definition) is 0. The molecule has 0 aliphatic carbocycles. The zero-order valence-corrected chi connectivity index (χ0v) is 20.7. The molecule has 110 valence electrons. The third-order valence-electron chi connectivity index (χ3n) is 3.47. The Balaban J connectivity index is 5.20. The van der Waals surface area contributed by atoms with Crippen molar-refractivity contribution < 1.29 is 0 Å². The molecule has 0 bridgehead atoms. The number of rotatable bonds is 7. The van der Waals surface area contributed by atoms with Gasteiger partial charge in [-0.05, 0) is 0 Å². The molecule has 0 aromatic heterocycles. The summed E-state index contributed by atoms with van der Waals surface area (Å²) >= 11 is -1.85. The fourth-order valence-electron chi connectivity index (χ4n) is 3.94. The third kappa shape index (κ3) is 9.37. The van der Waals surface area contributed by atoms with E-state index in [0.717, 1.165) is 0 Å². The molecule has 4 heteroatoms. The third-order valence-corrected chi connectivity index (χ3v) is 59.7. The Morgan fingerprint density at radius 2 is 0.778 bits per heavy atom. The van der Waals surface area contributed by atoms with Crippen LogP contribution in [0, 0.1) is 0 Å². The summed E-state index contributed by atoms with van der Waals surface area (Å²) in [7, 11) is -2.63. The monoisotopic (exact) mass is 410 g/mol. The van der Waals surface area contributed by atoms with Crippen LogP contribution < -0.4 is 0 Å². The maximum absolute atomic E-state index is 2.61. The van der Waals surface area contributed by atoms with Gasteiger partial charge in [0.25, 0.3) is 0 Å². The molecule has 0 unspecified atom stereocenters. The molecule has 0 saturated carbocycles. The van der Waals surface area contributed by atoms with Gasteiger partial charge in [-0.25, -0.2) is 0 Å². The topological polar surface area (TPSA) is 0 Å². The zero-order chi connectivity index (χ0) is 14.8. The first-order valence-corrected chi connectivity index (χ1v) is 26.9. The van der Waals surface area contributed by atoms with E-state index in [-0.39, 0.29) is 0 Å². The molecule has 0 atom stereocenters. The van der Waals surface area contributed by atoms with E-state index in [4.69, 9.17) is 0 Å². The molecule has 0 aromatic carbocycles.